The lowest BCUT2D eigenvalue weighted by Gasteiger charge is -2.28. The quantitative estimate of drug-likeness (QED) is 0.751. The number of hydrazone groups is 1. The van der Waals surface area contributed by atoms with Crippen molar-refractivity contribution in [3.63, 3.8) is 0 Å². The van der Waals surface area contributed by atoms with Crippen molar-refractivity contribution in [2.24, 2.45) is 5.10 Å². The maximum atomic E-state index is 11.9. The van der Waals surface area contributed by atoms with Crippen molar-refractivity contribution in [3.05, 3.63) is 0 Å². The summed E-state index contributed by atoms with van der Waals surface area (Å²) in [6.07, 6.45) is 0.487. The van der Waals surface area contributed by atoms with E-state index in [1.807, 2.05) is 20.8 Å². The number of carbonyl (C=O) groups is 1. The van der Waals surface area contributed by atoms with Gasteiger partial charge < -0.3 is 5.32 Å². The van der Waals surface area contributed by atoms with E-state index in [9.17, 15) is 4.79 Å². The fraction of sp³-hybridized carbons (Fsp3) is 0.833. The van der Waals surface area contributed by atoms with Gasteiger partial charge in [0.1, 0.15) is 0 Å². The second-order valence-electron chi connectivity index (χ2n) is 5.75. The van der Waals surface area contributed by atoms with Gasteiger partial charge in [0.15, 0.2) is 0 Å². The van der Waals surface area contributed by atoms with Gasteiger partial charge in [-0.05, 0) is 20.8 Å². The van der Waals surface area contributed by atoms with Crippen molar-refractivity contribution in [1.29, 1.82) is 0 Å². The van der Waals surface area contributed by atoms with Gasteiger partial charge >= 0.3 is 0 Å². The molecule has 1 amide bonds. The number of piperazine rings is 1. The zero-order valence-corrected chi connectivity index (χ0v) is 11.0. The summed E-state index contributed by atoms with van der Waals surface area (Å²) in [5.74, 6) is 0.127. The average molecular weight is 238 g/mol. The van der Waals surface area contributed by atoms with Crippen molar-refractivity contribution in [2.45, 2.75) is 32.7 Å². The van der Waals surface area contributed by atoms with Gasteiger partial charge in [0, 0.05) is 32.7 Å². The fourth-order valence-corrected chi connectivity index (χ4v) is 2.22. The number of hydrogen-bond acceptors (Lipinski definition) is 4. The second kappa shape index (κ2) is 4.74. The van der Waals surface area contributed by atoms with Crippen LogP contribution in [-0.2, 0) is 4.79 Å². The van der Waals surface area contributed by atoms with Gasteiger partial charge in [0.25, 0.3) is 0 Å². The van der Waals surface area contributed by atoms with Crippen molar-refractivity contribution < 1.29 is 4.79 Å². The number of carbonyl (C=O) groups excluding carboxylic acids is 1. The largest absolute Gasteiger partial charge is 0.314 e. The molecule has 96 valence electrons. The van der Waals surface area contributed by atoms with E-state index in [1.165, 1.54) is 0 Å². The normalized spacial score (nSPS) is 23.1. The summed E-state index contributed by atoms with van der Waals surface area (Å²) in [4.78, 5) is 14.2. The third-order valence-corrected chi connectivity index (χ3v) is 3.08. The number of nitrogens with one attached hydrogen (secondary N) is 1. The Hall–Kier alpha value is -0.940. The standard InChI is InChI=1S/C12H22N4O/c1-12(2,3)16-11(17)8-10(14-16)9-15-6-4-13-5-7-15/h13H,4-9H2,1-3H3. The van der Waals surface area contributed by atoms with Crippen LogP contribution in [0.2, 0.25) is 0 Å². The molecule has 0 aromatic rings. The van der Waals surface area contributed by atoms with Crippen LogP contribution < -0.4 is 5.32 Å². The topological polar surface area (TPSA) is 47.9 Å². The average Bonchev–Trinajstić information content (AvgIpc) is 2.60. The Kier molecular flexibility index (Phi) is 3.49. The Morgan fingerprint density at radius 3 is 2.47 bits per heavy atom. The molecule has 0 unspecified atom stereocenters. The minimum atomic E-state index is -0.206. The lowest BCUT2D eigenvalue weighted by Crippen LogP contribution is -2.45. The lowest BCUT2D eigenvalue weighted by atomic mass is 10.1. The molecule has 1 N–H and O–H groups in total. The highest BCUT2D eigenvalue weighted by molar-refractivity contribution is 6.06. The van der Waals surface area contributed by atoms with Gasteiger partial charge in [-0.1, -0.05) is 0 Å². The SMILES string of the molecule is CC(C)(C)N1N=C(CN2CCNCC2)CC1=O. The van der Waals surface area contributed by atoms with Crippen LogP contribution in [0.1, 0.15) is 27.2 Å². The van der Waals surface area contributed by atoms with Crippen LogP contribution in [0.25, 0.3) is 0 Å². The van der Waals surface area contributed by atoms with Gasteiger partial charge in [-0.25, -0.2) is 5.01 Å². The molecule has 2 aliphatic rings. The summed E-state index contributed by atoms with van der Waals surface area (Å²) >= 11 is 0. The van der Waals surface area contributed by atoms with Crippen LogP contribution in [0.3, 0.4) is 0 Å². The maximum Gasteiger partial charge on any atom is 0.248 e. The highest BCUT2D eigenvalue weighted by Crippen LogP contribution is 2.20. The minimum Gasteiger partial charge on any atom is -0.314 e. The minimum absolute atomic E-state index is 0.127. The van der Waals surface area contributed by atoms with Gasteiger partial charge in [0.2, 0.25) is 5.91 Å². The van der Waals surface area contributed by atoms with E-state index in [2.05, 4.69) is 15.3 Å². The van der Waals surface area contributed by atoms with E-state index in [-0.39, 0.29) is 11.4 Å². The smallest absolute Gasteiger partial charge is 0.248 e. The molecule has 0 aliphatic carbocycles. The molecule has 0 spiro atoms. The van der Waals surface area contributed by atoms with Gasteiger partial charge in [0.05, 0.1) is 17.7 Å². The highest BCUT2D eigenvalue weighted by Gasteiger charge is 2.32. The van der Waals surface area contributed by atoms with Gasteiger partial charge in [-0.15, -0.1) is 0 Å². The van der Waals surface area contributed by atoms with Crippen LogP contribution in [-0.4, -0.2) is 59.8 Å². The molecule has 2 aliphatic heterocycles. The summed E-state index contributed by atoms with van der Waals surface area (Å²) in [5, 5.41) is 9.42. The van der Waals surface area contributed by atoms with E-state index in [0.717, 1.165) is 38.4 Å². The monoisotopic (exact) mass is 238 g/mol. The molecule has 17 heavy (non-hydrogen) atoms. The van der Waals surface area contributed by atoms with E-state index in [4.69, 9.17) is 0 Å². The first-order valence-corrected chi connectivity index (χ1v) is 6.29. The van der Waals surface area contributed by atoms with Crippen molar-refractivity contribution >= 4 is 11.6 Å². The molecular weight excluding hydrogens is 216 g/mol. The maximum absolute atomic E-state index is 11.9. The predicted molar refractivity (Wildman–Crippen MR) is 68.0 cm³/mol. The molecule has 5 heteroatoms. The van der Waals surface area contributed by atoms with Crippen molar-refractivity contribution in [1.82, 2.24) is 15.2 Å². The molecule has 2 rings (SSSR count). The molecule has 0 atom stereocenters. The number of amides is 1. The molecule has 0 bridgehead atoms. The van der Waals surface area contributed by atoms with E-state index < -0.39 is 0 Å². The Balaban J connectivity index is 1.96. The van der Waals surface area contributed by atoms with Gasteiger partial charge in [-0.3, -0.25) is 9.69 Å². The Labute approximate surface area is 103 Å². The van der Waals surface area contributed by atoms with E-state index >= 15 is 0 Å². The molecule has 0 radical (unpaired) electrons. The summed E-state index contributed by atoms with van der Waals surface area (Å²) in [5.41, 5.74) is 0.800. The molecule has 2 heterocycles. The van der Waals surface area contributed by atoms with Crippen LogP contribution in [0.15, 0.2) is 5.10 Å². The summed E-state index contributed by atoms with van der Waals surface area (Å²) in [6, 6.07) is 0. The molecule has 1 fully saturated rings. The summed E-state index contributed by atoms with van der Waals surface area (Å²) in [6.45, 7) is 11.0. The van der Waals surface area contributed by atoms with Crippen LogP contribution >= 0.6 is 0 Å². The van der Waals surface area contributed by atoms with E-state index in [0.29, 0.717) is 6.42 Å². The van der Waals surface area contributed by atoms with Crippen LogP contribution in [0, 0.1) is 0 Å². The summed E-state index contributed by atoms with van der Waals surface area (Å²) < 4.78 is 0. The fourth-order valence-electron chi connectivity index (χ4n) is 2.22. The third-order valence-electron chi connectivity index (χ3n) is 3.08. The third kappa shape index (κ3) is 3.04. The first-order chi connectivity index (χ1) is 7.97. The zero-order chi connectivity index (χ0) is 12.5. The predicted octanol–water partition coefficient (Wildman–Crippen LogP) is 0.278. The van der Waals surface area contributed by atoms with Gasteiger partial charge in [-0.2, -0.15) is 5.10 Å². The van der Waals surface area contributed by atoms with Crippen molar-refractivity contribution in [3.8, 4) is 0 Å². The number of nitrogens with zero attached hydrogens (tertiary/aromatic N) is 3. The molecule has 1 saturated heterocycles. The lowest BCUT2D eigenvalue weighted by molar-refractivity contribution is -0.133. The Morgan fingerprint density at radius 2 is 1.94 bits per heavy atom. The molecular formula is C12H22N4O. The van der Waals surface area contributed by atoms with Crippen molar-refractivity contribution in [2.75, 3.05) is 32.7 Å². The summed E-state index contributed by atoms with van der Waals surface area (Å²) in [7, 11) is 0. The van der Waals surface area contributed by atoms with Crippen LogP contribution in [0.5, 0.6) is 0 Å². The number of rotatable bonds is 2. The van der Waals surface area contributed by atoms with Crippen LogP contribution in [0.4, 0.5) is 0 Å². The molecule has 5 nitrogen and oxygen atoms in total. The molecule has 0 aromatic carbocycles. The molecule has 0 aromatic heterocycles. The first kappa shape index (κ1) is 12.5. The van der Waals surface area contributed by atoms with E-state index in [1.54, 1.807) is 5.01 Å². The number of hydrogen-bond donors (Lipinski definition) is 1. The Bertz CT molecular complexity index is 326. The Morgan fingerprint density at radius 1 is 1.29 bits per heavy atom. The molecule has 0 saturated carbocycles. The second-order valence-corrected chi connectivity index (χ2v) is 5.75. The first-order valence-electron chi connectivity index (χ1n) is 6.29. The zero-order valence-electron chi connectivity index (χ0n) is 11.0. The highest BCUT2D eigenvalue weighted by atomic mass is 16.2.